The van der Waals surface area contributed by atoms with Gasteiger partial charge in [-0.25, -0.2) is 0 Å². The topological polar surface area (TPSA) is 34.1 Å². The van der Waals surface area contributed by atoms with Gasteiger partial charge in [-0.05, 0) is 18.2 Å². The van der Waals surface area contributed by atoms with E-state index in [0.717, 1.165) is 11.5 Å². The normalized spacial score (nSPS) is 9.67. The van der Waals surface area contributed by atoms with Crippen molar-refractivity contribution in [2.24, 2.45) is 0 Å². The second-order valence-corrected chi connectivity index (χ2v) is 3.06. The first-order valence-electron chi connectivity index (χ1n) is 4.71. The number of rotatable bonds is 3. The maximum Gasteiger partial charge on any atom is 0.214 e. The van der Waals surface area contributed by atoms with Crippen LogP contribution in [0.2, 0.25) is 0 Å². The van der Waals surface area contributed by atoms with Crippen LogP contribution in [0.4, 0.5) is 11.5 Å². The molecule has 0 fully saturated rings. The molecule has 0 radical (unpaired) electrons. The van der Waals surface area contributed by atoms with Gasteiger partial charge in [0.05, 0.1) is 7.11 Å². The van der Waals surface area contributed by atoms with Crippen LogP contribution in [0.5, 0.6) is 5.88 Å². The summed E-state index contributed by atoms with van der Waals surface area (Å²) in [5.41, 5.74) is 1.01. The van der Waals surface area contributed by atoms with E-state index < -0.39 is 0 Å². The van der Waals surface area contributed by atoms with E-state index in [0.29, 0.717) is 5.88 Å². The molecule has 0 saturated carbocycles. The number of nitrogens with one attached hydrogen (secondary N) is 1. The van der Waals surface area contributed by atoms with Gasteiger partial charge in [-0.3, -0.25) is 0 Å². The Kier molecular flexibility index (Phi) is 2.83. The summed E-state index contributed by atoms with van der Waals surface area (Å²) in [6.07, 6.45) is 0. The summed E-state index contributed by atoms with van der Waals surface area (Å²) in [4.78, 5) is 4.25. The molecule has 0 aliphatic rings. The standard InChI is InChI=1S/C12H12N2O/c1-15-12-9-5-8-11(14-12)13-10-6-3-2-4-7-10/h2-9H,1H3,(H,13,14). The summed E-state index contributed by atoms with van der Waals surface area (Å²) >= 11 is 0. The highest BCUT2D eigenvalue weighted by atomic mass is 16.5. The number of methoxy groups -OCH3 is 1. The molecule has 2 aromatic rings. The highest BCUT2D eigenvalue weighted by Crippen LogP contribution is 2.16. The van der Waals surface area contributed by atoms with Crippen LogP contribution in [-0.4, -0.2) is 12.1 Å². The summed E-state index contributed by atoms with van der Waals surface area (Å²) in [7, 11) is 1.61. The van der Waals surface area contributed by atoms with E-state index in [1.54, 1.807) is 7.11 Å². The summed E-state index contributed by atoms with van der Waals surface area (Å²) in [5.74, 6) is 1.39. The minimum Gasteiger partial charge on any atom is -0.481 e. The highest BCUT2D eigenvalue weighted by Gasteiger charge is 1.96. The lowest BCUT2D eigenvalue weighted by molar-refractivity contribution is 0.398. The summed E-state index contributed by atoms with van der Waals surface area (Å²) in [6.45, 7) is 0. The van der Waals surface area contributed by atoms with Gasteiger partial charge >= 0.3 is 0 Å². The average molecular weight is 200 g/mol. The molecule has 0 aliphatic heterocycles. The molecule has 76 valence electrons. The largest absolute Gasteiger partial charge is 0.481 e. The fraction of sp³-hybridized carbons (Fsp3) is 0.0833. The molecule has 0 bridgehead atoms. The number of hydrogen-bond acceptors (Lipinski definition) is 3. The van der Waals surface area contributed by atoms with Crippen LogP contribution in [0.25, 0.3) is 0 Å². The number of ether oxygens (including phenoxy) is 1. The van der Waals surface area contributed by atoms with Gasteiger partial charge in [-0.1, -0.05) is 24.3 Å². The Bertz CT molecular complexity index is 429. The van der Waals surface area contributed by atoms with Crippen molar-refractivity contribution < 1.29 is 4.74 Å². The number of pyridine rings is 1. The van der Waals surface area contributed by atoms with Crippen LogP contribution in [0.15, 0.2) is 48.5 Å². The zero-order valence-electron chi connectivity index (χ0n) is 8.47. The minimum atomic E-state index is 0.607. The number of benzene rings is 1. The zero-order valence-corrected chi connectivity index (χ0v) is 8.47. The summed E-state index contributed by atoms with van der Waals surface area (Å²) in [6, 6.07) is 15.5. The number of nitrogens with zero attached hydrogens (tertiary/aromatic N) is 1. The van der Waals surface area contributed by atoms with E-state index >= 15 is 0 Å². The first-order valence-corrected chi connectivity index (χ1v) is 4.71. The van der Waals surface area contributed by atoms with E-state index in [9.17, 15) is 0 Å². The second kappa shape index (κ2) is 4.46. The lowest BCUT2D eigenvalue weighted by Gasteiger charge is -2.06. The maximum absolute atomic E-state index is 5.04. The van der Waals surface area contributed by atoms with Crippen LogP contribution in [-0.2, 0) is 0 Å². The third-order valence-electron chi connectivity index (χ3n) is 1.98. The lowest BCUT2D eigenvalue weighted by atomic mass is 10.3. The van der Waals surface area contributed by atoms with Crippen molar-refractivity contribution in [2.75, 3.05) is 12.4 Å². The smallest absolute Gasteiger partial charge is 0.214 e. The number of aromatic nitrogens is 1. The van der Waals surface area contributed by atoms with Gasteiger partial charge in [0, 0.05) is 11.8 Å². The van der Waals surface area contributed by atoms with Crippen LogP contribution in [0, 0.1) is 0 Å². The molecular weight excluding hydrogens is 188 g/mol. The fourth-order valence-corrected chi connectivity index (χ4v) is 1.27. The van der Waals surface area contributed by atoms with Crippen molar-refractivity contribution in [1.82, 2.24) is 4.98 Å². The zero-order chi connectivity index (χ0) is 10.5. The SMILES string of the molecule is COc1cccc(Nc2ccccc2)n1. The molecule has 0 spiro atoms. The van der Waals surface area contributed by atoms with Crippen molar-refractivity contribution >= 4 is 11.5 Å². The third kappa shape index (κ3) is 2.47. The molecule has 1 N–H and O–H groups in total. The Morgan fingerprint density at radius 2 is 1.80 bits per heavy atom. The minimum absolute atomic E-state index is 0.607. The molecule has 15 heavy (non-hydrogen) atoms. The molecule has 0 amide bonds. The Balaban J connectivity index is 2.17. The van der Waals surface area contributed by atoms with Gasteiger partial charge in [0.1, 0.15) is 5.82 Å². The maximum atomic E-state index is 5.04. The van der Waals surface area contributed by atoms with E-state index in [4.69, 9.17) is 4.74 Å². The lowest BCUT2D eigenvalue weighted by Crippen LogP contribution is -1.94. The van der Waals surface area contributed by atoms with Crippen LogP contribution >= 0.6 is 0 Å². The molecule has 1 aromatic heterocycles. The number of para-hydroxylation sites is 1. The van der Waals surface area contributed by atoms with Crippen molar-refractivity contribution in [3.8, 4) is 5.88 Å². The molecule has 1 aromatic carbocycles. The molecule has 3 heteroatoms. The molecule has 0 unspecified atom stereocenters. The fourth-order valence-electron chi connectivity index (χ4n) is 1.27. The van der Waals surface area contributed by atoms with Gasteiger partial charge in [0.15, 0.2) is 0 Å². The van der Waals surface area contributed by atoms with Crippen LogP contribution in [0.3, 0.4) is 0 Å². The van der Waals surface area contributed by atoms with E-state index in [2.05, 4.69) is 10.3 Å². The molecule has 3 nitrogen and oxygen atoms in total. The van der Waals surface area contributed by atoms with Crippen molar-refractivity contribution in [3.05, 3.63) is 48.5 Å². The van der Waals surface area contributed by atoms with Gasteiger partial charge < -0.3 is 10.1 Å². The molecule has 2 rings (SSSR count). The second-order valence-electron chi connectivity index (χ2n) is 3.06. The van der Waals surface area contributed by atoms with Crippen molar-refractivity contribution in [1.29, 1.82) is 0 Å². The molecule has 0 saturated heterocycles. The monoisotopic (exact) mass is 200 g/mol. The van der Waals surface area contributed by atoms with E-state index in [1.165, 1.54) is 0 Å². The average Bonchev–Trinajstić information content (AvgIpc) is 2.31. The molecular formula is C12H12N2O. The summed E-state index contributed by atoms with van der Waals surface area (Å²) < 4.78 is 5.04. The predicted molar refractivity (Wildman–Crippen MR) is 60.5 cm³/mol. The Morgan fingerprint density at radius 1 is 1.00 bits per heavy atom. The van der Waals surface area contributed by atoms with Crippen LogP contribution < -0.4 is 10.1 Å². The first kappa shape index (κ1) is 9.52. The Labute approximate surface area is 88.7 Å². The first-order chi connectivity index (χ1) is 7.38. The van der Waals surface area contributed by atoms with Crippen molar-refractivity contribution in [3.63, 3.8) is 0 Å². The molecule has 1 heterocycles. The molecule has 0 aliphatic carbocycles. The highest BCUT2D eigenvalue weighted by molar-refractivity contribution is 5.55. The predicted octanol–water partition coefficient (Wildman–Crippen LogP) is 2.83. The molecule has 0 atom stereocenters. The quantitative estimate of drug-likeness (QED) is 0.827. The Morgan fingerprint density at radius 3 is 2.53 bits per heavy atom. The van der Waals surface area contributed by atoms with Gasteiger partial charge in [0.25, 0.3) is 0 Å². The van der Waals surface area contributed by atoms with Gasteiger partial charge in [-0.2, -0.15) is 4.98 Å². The van der Waals surface area contributed by atoms with Crippen LogP contribution in [0.1, 0.15) is 0 Å². The van der Waals surface area contributed by atoms with E-state index in [1.807, 2.05) is 48.5 Å². The van der Waals surface area contributed by atoms with Gasteiger partial charge in [0.2, 0.25) is 5.88 Å². The van der Waals surface area contributed by atoms with Crippen molar-refractivity contribution in [2.45, 2.75) is 0 Å². The van der Waals surface area contributed by atoms with E-state index in [-0.39, 0.29) is 0 Å². The Hall–Kier alpha value is -2.03. The summed E-state index contributed by atoms with van der Waals surface area (Å²) in [5, 5.41) is 3.19. The number of anilines is 2. The third-order valence-corrected chi connectivity index (χ3v) is 1.98. The van der Waals surface area contributed by atoms with Gasteiger partial charge in [-0.15, -0.1) is 0 Å². The number of hydrogen-bond donors (Lipinski definition) is 1.